The number of carbonyl (C=O) groups is 1. The van der Waals surface area contributed by atoms with E-state index in [9.17, 15) is 9.18 Å². The number of amides is 1. The molecule has 1 amide bonds. The van der Waals surface area contributed by atoms with Gasteiger partial charge in [0.15, 0.2) is 5.82 Å². The first-order valence-electron chi connectivity index (χ1n) is 10.0. The quantitative estimate of drug-likeness (QED) is 0.609. The maximum Gasteiger partial charge on any atom is 0.221 e. The van der Waals surface area contributed by atoms with Gasteiger partial charge in [0.25, 0.3) is 0 Å². The van der Waals surface area contributed by atoms with Crippen LogP contribution in [0.2, 0.25) is 5.02 Å². The summed E-state index contributed by atoms with van der Waals surface area (Å²) in [5.41, 5.74) is 7.35. The molecule has 2 aliphatic rings. The van der Waals surface area contributed by atoms with Crippen LogP contribution in [0.3, 0.4) is 0 Å². The fourth-order valence-corrected chi connectivity index (χ4v) is 4.85. The minimum atomic E-state index is -0.537. The van der Waals surface area contributed by atoms with Gasteiger partial charge in [0, 0.05) is 42.6 Å². The van der Waals surface area contributed by atoms with Gasteiger partial charge in [-0.1, -0.05) is 17.7 Å². The van der Waals surface area contributed by atoms with Gasteiger partial charge in [0.1, 0.15) is 17.9 Å². The van der Waals surface area contributed by atoms with Gasteiger partial charge in [0.05, 0.1) is 23.3 Å². The molecule has 1 saturated carbocycles. The third-order valence-electron chi connectivity index (χ3n) is 6.23. The van der Waals surface area contributed by atoms with Crippen LogP contribution in [0.15, 0.2) is 36.7 Å². The highest BCUT2D eigenvalue weighted by molar-refractivity contribution is 6.31. The van der Waals surface area contributed by atoms with E-state index in [0.29, 0.717) is 29.7 Å². The van der Waals surface area contributed by atoms with Crippen LogP contribution in [0.5, 0.6) is 5.75 Å². The molecule has 0 spiro atoms. The molecule has 160 valence electrons. The van der Waals surface area contributed by atoms with E-state index in [4.69, 9.17) is 22.1 Å². The van der Waals surface area contributed by atoms with Gasteiger partial charge in [-0.25, -0.2) is 14.4 Å². The smallest absolute Gasteiger partial charge is 0.221 e. The Kier molecular flexibility index (Phi) is 4.91. The van der Waals surface area contributed by atoms with E-state index in [1.807, 2.05) is 12.1 Å². The molecule has 2 fully saturated rings. The lowest BCUT2D eigenvalue weighted by atomic mass is 10.1. The maximum atomic E-state index is 14.4. The summed E-state index contributed by atoms with van der Waals surface area (Å²) in [7, 11) is 1.62. The summed E-state index contributed by atoms with van der Waals surface area (Å²) in [6, 6.07) is 8.59. The number of carbonyl (C=O) groups excluding carboxylic acids is 1. The van der Waals surface area contributed by atoms with Crippen LogP contribution in [0.1, 0.15) is 5.56 Å². The summed E-state index contributed by atoms with van der Waals surface area (Å²) < 4.78 is 20.0. The molecular weight excluding hydrogens is 421 g/mol. The number of likely N-dealkylation sites (tertiary alicyclic amines) is 1. The van der Waals surface area contributed by atoms with Crippen molar-refractivity contribution in [2.75, 3.05) is 25.5 Å². The number of nitrogens with zero attached hydrogens (tertiary/aromatic N) is 3. The van der Waals surface area contributed by atoms with Crippen LogP contribution in [0, 0.1) is 23.6 Å². The molecule has 2 heterocycles. The molecule has 9 heteroatoms. The SMILES string of the molecule is COc1cc2ncnc(Nc3cccc(Cl)c3F)c2cc1CN1CC2C(C1)C2C(N)=O. The number of aromatic nitrogens is 2. The highest BCUT2D eigenvalue weighted by Crippen LogP contribution is 2.51. The Morgan fingerprint density at radius 1 is 1.32 bits per heavy atom. The van der Waals surface area contributed by atoms with Crippen molar-refractivity contribution < 1.29 is 13.9 Å². The van der Waals surface area contributed by atoms with E-state index < -0.39 is 5.82 Å². The first-order chi connectivity index (χ1) is 15.0. The molecule has 1 aliphatic carbocycles. The largest absolute Gasteiger partial charge is 0.496 e. The van der Waals surface area contributed by atoms with Crippen molar-refractivity contribution >= 4 is 39.9 Å². The molecule has 7 nitrogen and oxygen atoms in total. The average Bonchev–Trinajstić information content (AvgIpc) is 3.27. The average molecular weight is 442 g/mol. The van der Waals surface area contributed by atoms with E-state index in [2.05, 4.69) is 20.2 Å². The van der Waals surface area contributed by atoms with Crippen LogP contribution < -0.4 is 15.8 Å². The van der Waals surface area contributed by atoms with E-state index >= 15 is 0 Å². The first kappa shape index (κ1) is 20.0. The molecule has 3 N–H and O–H groups in total. The van der Waals surface area contributed by atoms with Crippen molar-refractivity contribution in [1.82, 2.24) is 14.9 Å². The number of benzene rings is 2. The van der Waals surface area contributed by atoms with Gasteiger partial charge in [-0.15, -0.1) is 0 Å². The Hall–Kier alpha value is -2.97. The summed E-state index contributed by atoms with van der Waals surface area (Å²) in [4.78, 5) is 22.4. The fourth-order valence-electron chi connectivity index (χ4n) is 4.68. The van der Waals surface area contributed by atoms with Gasteiger partial charge in [-0.05, 0) is 30.0 Å². The zero-order valence-electron chi connectivity index (χ0n) is 16.8. The molecule has 0 bridgehead atoms. The van der Waals surface area contributed by atoms with E-state index in [1.54, 1.807) is 19.2 Å². The van der Waals surface area contributed by atoms with Crippen molar-refractivity contribution in [3.05, 3.63) is 53.1 Å². The van der Waals surface area contributed by atoms with Crippen molar-refractivity contribution in [3.63, 3.8) is 0 Å². The van der Waals surface area contributed by atoms with Crippen molar-refractivity contribution in [1.29, 1.82) is 0 Å². The van der Waals surface area contributed by atoms with E-state index in [-0.39, 0.29) is 22.5 Å². The standard InChI is InChI=1S/C22H21ClFN5O2/c1-31-18-6-17-12(5-11(18)7-29-8-13-14(9-29)19(13)21(25)30)22(27-10-26-17)28-16-4-2-3-15(23)20(16)24/h2-6,10,13-14,19H,7-9H2,1H3,(H2,25,30)(H,26,27,28). The molecule has 1 saturated heterocycles. The Bertz CT molecular complexity index is 1180. The number of nitrogens with two attached hydrogens (primary N) is 1. The minimum Gasteiger partial charge on any atom is -0.496 e. The molecule has 2 atom stereocenters. The summed E-state index contributed by atoms with van der Waals surface area (Å²) >= 11 is 5.90. The van der Waals surface area contributed by atoms with E-state index in [1.165, 1.54) is 12.4 Å². The molecule has 5 rings (SSSR count). The fraction of sp³-hybridized carbons (Fsp3) is 0.318. The van der Waals surface area contributed by atoms with Crippen molar-refractivity contribution in [3.8, 4) is 5.75 Å². The second-order valence-electron chi connectivity index (χ2n) is 8.08. The number of hydrogen-bond donors (Lipinski definition) is 2. The predicted molar refractivity (Wildman–Crippen MR) is 116 cm³/mol. The number of primary amides is 1. The summed E-state index contributed by atoms with van der Waals surface area (Å²) in [6.45, 7) is 2.34. The van der Waals surface area contributed by atoms with Gasteiger partial charge < -0.3 is 15.8 Å². The second kappa shape index (κ2) is 7.62. The Morgan fingerprint density at radius 3 is 2.81 bits per heavy atom. The summed E-state index contributed by atoms with van der Waals surface area (Å²) in [6.07, 6.45) is 1.42. The number of rotatable bonds is 6. The first-order valence-corrected chi connectivity index (χ1v) is 10.4. The van der Waals surface area contributed by atoms with Crippen LogP contribution in [-0.2, 0) is 11.3 Å². The second-order valence-corrected chi connectivity index (χ2v) is 8.49. The number of piperidine rings is 1. The molecular formula is C22H21ClFN5O2. The molecule has 2 unspecified atom stereocenters. The monoisotopic (exact) mass is 441 g/mol. The molecule has 1 aromatic heterocycles. The molecule has 2 aromatic carbocycles. The number of hydrogen-bond acceptors (Lipinski definition) is 6. The highest BCUT2D eigenvalue weighted by atomic mass is 35.5. The number of nitrogens with one attached hydrogen (secondary N) is 1. The Morgan fingerprint density at radius 2 is 2.10 bits per heavy atom. The normalized spacial score (nSPS) is 22.4. The van der Waals surface area contributed by atoms with Crippen molar-refractivity contribution in [2.24, 2.45) is 23.5 Å². The third-order valence-corrected chi connectivity index (χ3v) is 6.53. The van der Waals surface area contributed by atoms with Gasteiger partial charge in [-0.2, -0.15) is 0 Å². The lowest BCUT2D eigenvalue weighted by Crippen LogP contribution is -2.28. The minimum absolute atomic E-state index is 0.0199. The molecule has 1 aliphatic heterocycles. The van der Waals surface area contributed by atoms with Gasteiger partial charge >= 0.3 is 0 Å². The number of fused-ring (bicyclic) bond motifs is 2. The zero-order valence-corrected chi connectivity index (χ0v) is 17.6. The summed E-state index contributed by atoms with van der Waals surface area (Å²) in [5.74, 6) is 1.20. The highest BCUT2D eigenvalue weighted by Gasteiger charge is 2.58. The van der Waals surface area contributed by atoms with Gasteiger partial charge in [0.2, 0.25) is 5.91 Å². The lowest BCUT2D eigenvalue weighted by molar-refractivity contribution is -0.120. The van der Waals surface area contributed by atoms with Gasteiger partial charge in [-0.3, -0.25) is 9.69 Å². The molecule has 0 radical (unpaired) electrons. The summed E-state index contributed by atoms with van der Waals surface area (Å²) in [5, 5.41) is 3.81. The Balaban J connectivity index is 1.44. The maximum absolute atomic E-state index is 14.4. The lowest BCUT2D eigenvalue weighted by Gasteiger charge is -2.21. The number of ether oxygens (including phenoxy) is 1. The number of halogens is 2. The third kappa shape index (κ3) is 3.55. The Labute approximate surface area is 183 Å². The van der Waals surface area contributed by atoms with Crippen LogP contribution >= 0.6 is 11.6 Å². The molecule has 31 heavy (non-hydrogen) atoms. The number of anilines is 2. The zero-order chi connectivity index (χ0) is 21.7. The number of methoxy groups -OCH3 is 1. The van der Waals surface area contributed by atoms with Crippen LogP contribution in [0.25, 0.3) is 10.9 Å². The van der Waals surface area contributed by atoms with Crippen molar-refractivity contribution in [2.45, 2.75) is 6.54 Å². The van der Waals surface area contributed by atoms with E-state index in [0.717, 1.165) is 29.8 Å². The van der Waals surface area contributed by atoms with Crippen LogP contribution in [-0.4, -0.2) is 41.0 Å². The topological polar surface area (TPSA) is 93.4 Å². The molecule has 3 aromatic rings. The predicted octanol–water partition coefficient (Wildman–Crippen LogP) is 3.34. The van der Waals surface area contributed by atoms with Crippen LogP contribution in [0.4, 0.5) is 15.9 Å².